The summed E-state index contributed by atoms with van der Waals surface area (Å²) in [6, 6.07) is 1.95. The van der Waals surface area contributed by atoms with Gasteiger partial charge in [-0.25, -0.2) is 0 Å². The predicted octanol–water partition coefficient (Wildman–Crippen LogP) is 2.00. The van der Waals surface area contributed by atoms with Crippen molar-refractivity contribution in [3.63, 3.8) is 0 Å². The zero-order chi connectivity index (χ0) is 13.2. The molecule has 1 N–H and O–H groups in total. The molecule has 0 fully saturated rings. The predicted molar refractivity (Wildman–Crippen MR) is 70.2 cm³/mol. The topological polar surface area (TPSA) is 62.4 Å². The lowest BCUT2D eigenvalue weighted by Gasteiger charge is -2.24. The van der Waals surface area contributed by atoms with Crippen LogP contribution in [-0.4, -0.2) is 39.3 Å². The molecule has 0 amide bonds. The van der Waals surface area contributed by atoms with Crippen LogP contribution < -0.4 is 0 Å². The molecule has 0 unspecified atom stereocenters. The Hall–Kier alpha value is -1.24. The molecule has 2 aromatic rings. The van der Waals surface area contributed by atoms with E-state index in [2.05, 4.69) is 10.1 Å². The molecule has 0 aliphatic carbocycles. The van der Waals surface area contributed by atoms with E-state index in [0.717, 1.165) is 5.56 Å². The van der Waals surface area contributed by atoms with E-state index in [1.807, 2.05) is 28.8 Å². The number of hydrogen-bond donors (Lipinski definition) is 1. The zero-order valence-electron chi connectivity index (χ0n) is 10.8. The fraction of sp³-hybridized carbons (Fsp3) is 0.500. The average Bonchev–Trinajstić information content (AvgIpc) is 2.82. The Morgan fingerprint density at radius 3 is 2.89 bits per heavy atom. The van der Waals surface area contributed by atoms with Gasteiger partial charge in [0, 0.05) is 11.9 Å². The van der Waals surface area contributed by atoms with E-state index in [4.69, 9.17) is 4.52 Å². The van der Waals surface area contributed by atoms with Gasteiger partial charge < -0.3 is 9.63 Å². The summed E-state index contributed by atoms with van der Waals surface area (Å²) in [5, 5.41) is 17.6. The third-order valence-corrected chi connectivity index (χ3v) is 2.99. The summed E-state index contributed by atoms with van der Waals surface area (Å²) in [5.74, 6) is 1.17. The average molecular weight is 267 g/mol. The molecule has 0 saturated carbocycles. The van der Waals surface area contributed by atoms with Gasteiger partial charge in [0.25, 0.3) is 5.89 Å². The molecule has 0 aliphatic heterocycles. The molecular formula is C12H17N3O2S. The highest BCUT2D eigenvalue weighted by Gasteiger charge is 2.17. The van der Waals surface area contributed by atoms with E-state index in [9.17, 15) is 5.11 Å². The second-order valence-electron chi connectivity index (χ2n) is 5.01. The van der Waals surface area contributed by atoms with Gasteiger partial charge in [-0.05, 0) is 32.3 Å². The van der Waals surface area contributed by atoms with Crippen LogP contribution in [0.1, 0.15) is 19.7 Å². The van der Waals surface area contributed by atoms with Crippen LogP contribution in [0.3, 0.4) is 0 Å². The molecule has 0 saturated heterocycles. The van der Waals surface area contributed by atoms with Crippen LogP contribution in [-0.2, 0) is 6.54 Å². The molecular weight excluding hydrogens is 250 g/mol. The van der Waals surface area contributed by atoms with Gasteiger partial charge in [0.05, 0.1) is 17.7 Å². The summed E-state index contributed by atoms with van der Waals surface area (Å²) < 4.78 is 5.20. The van der Waals surface area contributed by atoms with Crippen LogP contribution in [0.25, 0.3) is 11.5 Å². The summed E-state index contributed by atoms with van der Waals surface area (Å²) in [7, 11) is 1.92. The molecule has 0 aliphatic rings. The Morgan fingerprint density at radius 2 is 2.28 bits per heavy atom. The van der Waals surface area contributed by atoms with Gasteiger partial charge in [0.2, 0.25) is 0 Å². The molecule has 0 radical (unpaired) electrons. The van der Waals surface area contributed by atoms with Crippen molar-refractivity contribution in [2.45, 2.75) is 26.0 Å². The lowest BCUT2D eigenvalue weighted by molar-refractivity contribution is 0.0416. The van der Waals surface area contributed by atoms with Crippen molar-refractivity contribution in [1.82, 2.24) is 15.0 Å². The van der Waals surface area contributed by atoms with Crippen LogP contribution in [0.5, 0.6) is 0 Å². The first-order valence-corrected chi connectivity index (χ1v) is 6.64. The van der Waals surface area contributed by atoms with E-state index < -0.39 is 5.60 Å². The highest BCUT2D eigenvalue weighted by Crippen LogP contribution is 2.20. The normalized spacial score (nSPS) is 12.3. The Labute approximate surface area is 110 Å². The van der Waals surface area contributed by atoms with Crippen LogP contribution in [0.2, 0.25) is 0 Å². The largest absolute Gasteiger partial charge is 0.389 e. The monoisotopic (exact) mass is 267 g/mol. The van der Waals surface area contributed by atoms with Crippen molar-refractivity contribution in [2.24, 2.45) is 0 Å². The van der Waals surface area contributed by atoms with Crippen molar-refractivity contribution in [3.8, 4) is 11.5 Å². The molecule has 0 aromatic carbocycles. The summed E-state index contributed by atoms with van der Waals surface area (Å²) in [4.78, 5) is 6.29. The maximum atomic E-state index is 9.72. The van der Waals surface area contributed by atoms with E-state index >= 15 is 0 Å². The van der Waals surface area contributed by atoms with Gasteiger partial charge in [-0.1, -0.05) is 5.16 Å². The third-order valence-electron chi connectivity index (χ3n) is 2.30. The van der Waals surface area contributed by atoms with Gasteiger partial charge >= 0.3 is 0 Å². The minimum absolute atomic E-state index is 0.544. The number of thiophene rings is 1. The Bertz CT molecular complexity index is 488. The molecule has 18 heavy (non-hydrogen) atoms. The number of rotatable bonds is 5. The first kappa shape index (κ1) is 13.2. The van der Waals surface area contributed by atoms with Crippen molar-refractivity contribution >= 4 is 11.3 Å². The summed E-state index contributed by atoms with van der Waals surface area (Å²) in [6.45, 7) is 4.65. The molecule has 0 spiro atoms. The fourth-order valence-electron chi connectivity index (χ4n) is 1.78. The van der Waals surface area contributed by atoms with Crippen LogP contribution in [0.4, 0.5) is 0 Å². The summed E-state index contributed by atoms with van der Waals surface area (Å²) in [6.07, 6.45) is 0. The van der Waals surface area contributed by atoms with Gasteiger partial charge in [-0.15, -0.1) is 0 Å². The van der Waals surface area contributed by atoms with E-state index in [-0.39, 0.29) is 0 Å². The molecule has 2 rings (SSSR count). The van der Waals surface area contributed by atoms with E-state index in [1.54, 1.807) is 25.2 Å². The van der Waals surface area contributed by atoms with Crippen molar-refractivity contribution < 1.29 is 9.63 Å². The van der Waals surface area contributed by atoms with Crippen molar-refractivity contribution in [2.75, 3.05) is 13.6 Å². The van der Waals surface area contributed by atoms with Crippen molar-refractivity contribution in [1.29, 1.82) is 0 Å². The molecule has 2 heterocycles. The van der Waals surface area contributed by atoms with Crippen LogP contribution in [0.15, 0.2) is 21.3 Å². The number of aliphatic hydroxyl groups is 1. The van der Waals surface area contributed by atoms with Gasteiger partial charge in [-0.3, -0.25) is 4.90 Å². The molecule has 0 atom stereocenters. The second kappa shape index (κ2) is 5.17. The van der Waals surface area contributed by atoms with Crippen LogP contribution in [0, 0.1) is 0 Å². The highest BCUT2D eigenvalue weighted by molar-refractivity contribution is 7.08. The van der Waals surface area contributed by atoms with Crippen LogP contribution >= 0.6 is 11.3 Å². The van der Waals surface area contributed by atoms with E-state index in [1.165, 1.54) is 0 Å². The molecule has 2 aromatic heterocycles. The van der Waals surface area contributed by atoms with Gasteiger partial charge in [0.15, 0.2) is 5.82 Å². The highest BCUT2D eigenvalue weighted by atomic mass is 32.1. The number of nitrogens with zero attached hydrogens (tertiary/aromatic N) is 3. The SMILES string of the molecule is CN(Cc1noc(-c2ccsc2)n1)CC(C)(C)O. The third kappa shape index (κ3) is 3.63. The molecule has 6 heteroatoms. The zero-order valence-corrected chi connectivity index (χ0v) is 11.6. The number of hydrogen-bond acceptors (Lipinski definition) is 6. The Morgan fingerprint density at radius 1 is 1.50 bits per heavy atom. The standard InChI is InChI=1S/C12H17N3O2S/c1-12(2,16)8-15(3)6-10-13-11(17-14-10)9-4-5-18-7-9/h4-5,7,16H,6,8H2,1-3H3. The lowest BCUT2D eigenvalue weighted by atomic mass is 10.1. The Balaban J connectivity index is 1.99. The first-order chi connectivity index (χ1) is 8.44. The molecule has 5 nitrogen and oxygen atoms in total. The second-order valence-corrected chi connectivity index (χ2v) is 5.79. The van der Waals surface area contributed by atoms with Gasteiger partial charge in [0.1, 0.15) is 0 Å². The van der Waals surface area contributed by atoms with E-state index in [0.29, 0.717) is 24.8 Å². The quantitative estimate of drug-likeness (QED) is 0.897. The minimum atomic E-state index is -0.728. The first-order valence-electron chi connectivity index (χ1n) is 5.70. The number of aromatic nitrogens is 2. The maximum absolute atomic E-state index is 9.72. The lowest BCUT2D eigenvalue weighted by Crippen LogP contribution is -2.36. The summed E-state index contributed by atoms with van der Waals surface area (Å²) >= 11 is 1.59. The number of likely N-dealkylation sites (N-methyl/N-ethyl adjacent to an activating group) is 1. The molecule has 0 bridgehead atoms. The maximum Gasteiger partial charge on any atom is 0.258 e. The smallest absolute Gasteiger partial charge is 0.258 e. The van der Waals surface area contributed by atoms with Gasteiger partial charge in [-0.2, -0.15) is 16.3 Å². The van der Waals surface area contributed by atoms with Crippen molar-refractivity contribution in [3.05, 3.63) is 22.7 Å². The minimum Gasteiger partial charge on any atom is -0.389 e. The summed E-state index contributed by atoms with van der Waals surface area (Å²) in [5.41, 5.74) is 0.221. The molecule has 98 valence electrons. The fourth-order valence-corrected chi connectivity index (χ4v) is 2.41. The Kier molecular flexibility index (Phi) is 3.79.